The minimum Gasteiger partial charge on any atom is -1.00 e. The Bertz CT molecular complexity index is 213. The van der Waals surface area contributed by atoms with Crippen LogP contribution in [0.4, 0.5) is 0 Å². The van der Waals surface area contributed by atoms with Crippen LogP contribution < -0.4 is 17.7 Å². The summed E-state index contributed by atoms with van der Waals surface area (Å²) in [6.07, 6.45) is 1.32. The summed E-state index contributed by atoms with van der Waals surface area (Å²) >= 11 is 0. The maximum Gasteiger partial charge on any atom is 0.243 e. The predicted octanol–water partition coefficient (Wildman–Crippen LogP) is -1.44. The van der Waals surface area contributed by atoms with Gasteiger partial charge in [0.2, 0.25) is 5.91 Å². The summed E-state index contributed by atoms with van der Waals surface area (Å²) in [5.74, 6) is -0.0796. The number of hydrogen-bond donors (Lipinski definition) is 1. The second kappa shape index (κ2) is 8.59. The SMILES string of the molecule is C=CC(=O)NCC[N+](CC)(CC)C(C)C.[Cl-]. The smallest absolute Gasteiger partial charge is 0.243 e. The molecule has 0 aliphatic carbocycles. The van der Waals surface area contributed by atoms with Gasteiger partial charge in [0.1, 0.15) is 0 Å². The van der Waals surface area contributed by atoms with Gasteiger partial charge in [0.05, 0.1) is 32.2 Å². The lowest BCUT2D eigenvalue weighted by atomic mass is 10.2. The molecule has 0 aromatic carbocycles. The number of amides is 1. The quantitative estimate of drug-likeness (QED) is 0.434. The zero-order chi connectivity index (χ0) is 11.9. The number of quaternary nitrogens is 1. The predicted molar refractivity (Wildman–Crippen MR) is 64.6 cm³/mol. The minimum atomic E-state index is -0.0796. The molecular weight excluding hydrogens is 224 g/mol. The van der Waals surface area contributed by atoms with Crippen LogP contribution in [-0.4, -0.2) is 42.6 Å². The van der Waals surface area contributed by atoms with E-state index in [2.05, 4.69) is 39.6 Å². The lowest BCUT2D eigenvalue weighted by Gasteiger charge is -2.40. The molecule has 0 rings (SSSR count). The third kappa shape index (κ3) is 4.99. The van der Waals surface area contributed by atoms with E-state index in [0.29, 0.717) is 6.04 Å². The number of likely N-dealkylation sites (N-methyl/N-ethyl adjacent to an activating group) is 1. The molecule has 0 aromatic rings. The van der Waals surface area contributed by atoms with Crippen LogP contribution in [0.3, 0.4) is 0 Å². The van der Waals surface area contributed by atoms with Gasteiger partial charge in [0, 0.05) is 0 Å². The normalized spacial score (nSPS) is 10.8. The molecule has 0 radical (unpaired) electrons. The van der Waals surface area contributed by atoms with Crippen molar-refractivity contribution in [2.75, 3.05) is 26.2 Å². The Kier molecular flexibility index (Phi) is 9.58. The molecule has 0 saturated heterocycles. The Labute approximate surface area is 106 Å². The highest BCUT2D eigenvalue weighted by Gasteiger charge is 2.26. The van der Waals surface area contributed by atoms with Gasteiger partial charge < -0.3 is 22.2 Å². The molecule has 0 saturated carbocycles. The molecule has 4 heteroatoms. The van der Waals surface area contributed by atoms with Crippen molar-refractivity contribution in [1.82, 2.24) is 5.32 Å². The number of halogens is 1. The highest BCUT2D eigenvalue weighted by atomic mass is 35.5. The van der Waals surface area contributed by atoms with Crippen molar-refractivity contribution in [2.24, 2.45) is 0 Å². The molecule has 0 unspecified atom stereocenters. The van der Waals surface area contributed by atoms with E-state index in [4.69, 9.17) is 0 Å². The molecule has 0 spiro atoms. The van der Waals surface area contributed by atoms with Gasteiger partial charge in [-0.2, -0.15) is 0 Å². The Morgan fingerprint density at radius 2 is 1.88 bits per heavy atom. The zero-order valence-electron chi connectivity index (χ0n) is 10.9. The van der Waals surface area contributed by atoms with Crippen molar-refractivity contribution in [3.8, 4) is 0 Å². The fourth-order valence-corrected chi connectivity index (χ4v) is 2.00. The first kappa shape index (κ1) is 17.8. The molecule has 0 heterocycles. The molecule has 0 aliphatic rings. The van der Waals surface area contributed by atoms with Crippen LogP contribution in [-0.2, 0) is 4.79 Å². The van der Waals surface area contributed by atoms with Crippen molar-refractivity contribution >= 4 is 5.91 Å². The average Bonchev–Trinajstić information content (AvgIpc) is 2.24. The third-order valence-electron chi connectivity index (χ3n) is 3.40. The maximum absolute atomic E-state index is 11.0. The summed E-state index contributed by atoms with van der Waals surface area (Å²) in [6.45, 7) is 16.3. The minimum absolute atomic E-state index is 0. The van der Waals surface area contributed by atoms with Crippen LogP contribution in [0.2, 0.25) is 0 Å². The summed E-state index contributed by atoms with van der Waals surface area (Å²) < 4.78 is 1.05. The zero-order valence-corrected chi connectivity index (χ0v) is 11.7. The van der Waals surface area contributed by atoms with E-state index >= 15 is 0 Å². The number of carbonyl (C=O) groups is 1. The number of carbonyl (C=O) groups excluding carboxylic acids is 1. The summed E-state index contributed by atoms with van der Waals surface area (Å²) in [5, 5.41) is 2.84. The molecular formula is C12H25ClN2O. The van der Waals surface area contributed by atoms with Gasteiger partial charge in [-0.3, -0.25) is 4.79 Å². The topological polar surface area (TPSA) is 29.1 Å². The molecule has 16 heavy (non-hydrogen) atoms. The molecule has 1 amide bonds. The second-order valence-corrected chi connectivity index (χ2v) is 4.16. The van der Waals surface area contributed by atoms with Crippen LogP contribution in [0.5, 0.6) is 0 Å². The number of nitrogens with one attached hydrogen (secondary N) is 1. The molecule has 0 aromatic heterocycles. The fourth-order valence-electron chi connectivity index (χ4n) is 2.00. The van der Waals surface area contributed by atoms with Gasteiger partial charge in [0.15, 0.2) is 0 Å². The molecule has 0 atom stereocenters. The summed E-state index contributed by atoms with van der Waals surface area (Å²) in [5.41, 5.74) is 0. The monoisotopic (exact) mass is 248 g/mol. The van der Waals surface area contributed by atoms with Gasteiger partial charge in [-0.15, -0.1) is 0 Å². The van der Waals surface area contributed by atoms with E-state index in [-0.39, 0.29) is 18.3 Å². The average molecular weight is 249 g/mol. The van der Waals surface area contributed by atoms with E-state index in [1.807, 2.05) is 0 Å². The summed E-state index contributed by atoms with van der Waals surface area (Å²) in [4.78, 5) is 11.0. The van der Waals surface area contributed by atoms with Crippen molar-refractivity contribution in [2.45, 2.75) is 33.7 Å². The maximum atomic E-state index is 11.0. The first-order chi connectivity index (χ1) is 7.02. The number of hydrogen-bond acceptors (Lipinski definition) is 1. The van der Waals surface area contributed by atoms with Crippen LogP contribution in [0.25, 0.3) is 0 Å². The number of rotatable bonds is 7. The Balaban J connectivity index is 0. The fraction of sp³-hybridized carbons (Fsp3) is 0.750. The highest BCUT2D eigenvalue weighted by molar-refractivity contribution is 5.86. The van der Waals surface area contributed by atoms with Crippen LogP contribution in [0, 0.1) is 0 Å². The van der Waals surface area contributed by atoms with Gasteiger partial charge in [0.25, 0.3) is 0 Å². The van der Waals surface area contributed by atoms with Gasteiger partial charge >= 0.3 is 0 Å². The van der Waals surface area contributed by atoms with E-state index in [0.717, 1.165) is 30.7 Å². The summed E-state index contributed by atoms with van der Waals surface area (Å²) in [7, 11) is 0. The van der Waals surface area contributed by atoms with Gasteiger partial charge in [-0.1, -0.05) is 6.58 Å². The molecule has 96 valence electrons. The van der Waals surface area contributed by atoms with E-state index in [1.54, 1.807) is 0 Å². The van der Waals surface area contributed by atoms with Gasteiger partial charge in [-0.25, -0.2) is 0 Å². The molecule has 0 bridgehead atoms. The largest absolute Gasteiger partial charge is 1.00 e. The first-order valence-corrected chi connectivity index (χ1v) is 5.78. The third-order valence-corrected chi connectivity index (χ3v) is 3.40. The molecule has 3 nitrogen and oxygen atoms in total. The lowest BCUT2D eigenvalue weighted by molar-refractivity contribution is -0.943. The Morgan fingerprint density at radius 1 is 1.38 bits per heavy atom. The molecule has 1 N–H and O–H groups in total. The Hall–Kier alpha value is -0.540. The molecule has 0 fully saturated rings. The van der Waals surface area contributed by atoms with Crippen molar-refractivity contribution in [1.29, 1.82) is 0 Å². The van der Waals surface area contributed by atoms with Crippen LogP contribution in [0.15, 0.2) is 12.7 Å². The first-order valence-electron chi connectivity index (χ1n) is 5.78. The molecule has 0 aliphatic heterocycles. The standard InChI is InChI=1S/C12H24N2O.ClH/c1-6-12(15)13-9-10-14(7-2,8-3)11(4)5;/h6,11H,1,7-10H2,2-5H3;1H. The Morgan fingerprint density at radius 3 is 2.19 bits per heavy atom. The van der Waals surface area contributed by atoms with E-state index in [9.17, 15) is 4.79 Å². The number of nitrogens with zero attached hydrogens (tertiary/aromatic N) is 1. The van der Waals surface area contributed by atoms with E-state index in [1.165, 1.54) is 6.08 Å². The lowest BCUT2D eigenvalue weighted by Crippen LogP contribution is -3.00. The van der Waals surface area contributed by atoms with E-state index < -0.39 is 0 Å². The van der Waals surface area contributed by atoms with Crippen LogP contribution >= 0.6 is 0 Å². The summed E-state index contributed by atoms with van der Waals surface area (Å²) in [6, 6.07) is 0.598. The van der Waals surface area contributed by atoms with Crippen molar-refractivity contribution < 1.29 is 21.7 Å². The van der Waals surface area contributed by atoms with Crippen LogP contribution in [0.1, 0.15) is 27.7 Å². The van der Waals surface area contributed by atoms with Crippen molar-refractivity contribution in [3.63, 3.8) is 0 Å². The van der Waals surface area contributed by atoms with Gasteiger partial charge in [-0.05, 0) is 33.8 Å². The van der Waals surface area contributed by atoms with Crippen molar-refractivity contribution in [3.05, 3.63) is 12.7 Å². The second-order valence-electron chi connectivity index (χ2n) is 4.16. The highest BCUT2D eigenvalue weighted by Crippen LogP contribution is 2.11.